The Morgan fingerprint density at radius 3 is 2.36 bits per heavy atom. The number of ether oxygens (including phenoxy) is 2. The second-order valence-electron chi connectivity index (χ2n) is 5.21. The summed E-state index contributed by atoms with van der Waals surface area (Å²) < 4.78 is 36.1. The average molecular weight is 316 g/mol. The van der Waals surface area contributed by atoms with E-state index >= 15 is 0 Å². The molecule has 0 aromatic heterocycles. The van der Waals surface area contributed by atoms with Crippen molar-refractivity contribution in [1.82, 2.24) is 0 Å². The molecular formula is C16H22F2O4. The highest BCUT2D eigenvalue weighted by Gasteiger charge is 2.46. The van der Waals surface area contributed by atoms with E-state index in [-0.39, 0.29) is 5.56 Å². The predicted molar refractivity (Wildman–Crippen MR) is 77.9 cm³/mol. The number of rotatable bonds is 8. The minimum absolute atomic E-state index is 0.200. The number of carbonyl (C=O) groups is 1. The zero-order valence-corrected chi connectivity index (χ0v) is 13.0. The molecule has 1 aromatic carbocycles. The summed E-state index contributed by atoms with van der Waals surface area (Å²) in [6.07, 6.45) is -1.13. The fourth-order valence-corrected chi connectivity index (χ4v) is 2.11. The molecule has 2 unspecified atom stereocenters. The maximum atomic E-state index is 13.1. The van der Waals surface area contributed by atoms with E-state index in [4.69, 9.17) is 4.74 Å². The van der Waals surface area contributed by atoms with Gasteiger partial charge in [-0.05, 0) is 31.0 Å². The van der Waals surface area contributed by atoms with Gasteiger partial charge in [0.05, 0.1) is 13.7 Å². The third kappa shape index (κ3) is 4.40. The van der Waals surface area contributed by atoms with Crippen LogP contribution >= 0.6 is 0 Å². The second kappa shape index (κ2) is 8.08. The van der Waals surface area contributed by atoms with Gasteiger partial charge in [-0.1, -0.05) is 25.5 Å². The number of alkyl halides is 2. The van der Waals surface area contributed by atoms with Gasteiger partial charge in [0.1, 0.15) is 17.3 Å². The number of methoxy groups -OCH3 is 1. The molecule has 0 fully saturated rings. The lowest BCUT2D eigenvalue weighted by Gasteiger charge is -2.30. The molecule has 4 nitrogen and oxygen atoms in total. The van der Waals surface area contributed by atoms with Crippen LogP contribution in [0.15, 0.2) is 24.3 Å². The first kappa shape index (κ1) is 18.4. The molecule has 0 amide bonds. The Bertz CT molecular complexity index is 472. The first-order valence-corrected chi connectivity index (χ1v) is 7.16. The largest absolute Gasteiger partial charge is 0.494 e. The Labute approximate surface area is 129 Å². The lowest BCUT2D eigenvalue weighted by Crippen LogP contribution is -2.42. The zero-order valence-electron chi connectivity index (χ0n) is 13.0. The Hall–Kier alpha value is -1.69. The highest BCUT2D eigenvalue weighted by atomic mass is 19.3. The summed E-state index contributed by atoms with van der Waals surface area (Å²) in [6.45, 7) is 3.78. The minimum atomic E-state index is -3.04. The van der Waals surface area contributed by atoms with Crippen LogP contribution in [0, 0.1) is 5.92 Å². The number of hydrogen-bond acceptors (Lipinski definition) is 4. The lowest BCUT2D eigenvalue weighted by molar-refractivity contribution is -0.167. The van der Waals surface area contributed by atoms with Crippen molar-refractivity contribution < 1.29 is 28.2 Å². The molecule has 124 valence electrons. The topological polar surface area (TPSA) is 55.8 Å². The van der Waals surface area contributed by atoms with E-state index in [0.29, 0.717) is 12.4 Å². The third-order valence-corrected chi connectivity index (χ3v) is 3.52. The van der Waals surface area contributed by atoms with Crippen molar-refractivity contribution in [3.63, 3.8) is 0 Å². The van der Waals surface area contributed by atoms with Gasteiger partial charge in [-0.15, -0.1) is 0 Å². The molecule has 0 heterocycles. The summed E-state index contributed by atoms with van der Waals surface area (Å²) in [5.41, 5.74) is -1.84. The molecule has 0 radical (unpaired) electrons. The summed E-state index contributed by atoms with van der Waals surface area (Å²) in [7, 11) is 1.01. The Morgan fingerprint density at radius 2 is 1.91 bits per heavy atom. The fraction of sp³-hybridized carbons (Fsp3) is 0.562. The molecule has 22 heavy (non-hydrogen) atoms. The van der Waals surface area contributed by atoms with Crippen molar-refractivity contribution in [1.29, 1.82) is 0 Å². The summed E-state index contributed by atoms with van der Waals surface area (Å²) in [5, 5.41) is 10.4. The molecule has 6 heteroatoms. The number of esters is 1. The van der Waals surface area contributed by atoms with Crippen LogP contribution in [0.4, 0.5) is 8.78 Å². The summed E-state index contributed by atoms with van der Waals surface area (Å²) >= 11 is 0. The van der Waals surface area contributed by atoms with Crippen LogP contribution in [0.25, 0.3) is 0 Å². The first-order chi connectivity index (χ1) is 10.3. The summed E-state index contributed by atoms with van der Waals surface area (Å²) in [5.74, 6) is -2.52. The number of unbranched alkanes of at least 4 members (excludes halogenated alkanes) is 1. The van der Waals surface area contributed by atoms with Gasteiger partial charge >= 0.3 is 5.97 Å². The Kier molecular flexibility index (Phi) is 6.74. The molecule has 0 saturated heterocycles. The van der Waals surface area contributed by atoms with Crippen molar-refractivity contribution in [2.45, 2.75) is 38.7 Å². The maximum absolute atomic E-state index is 13.1. The molecule has 0 aliphatic rings. The normalized spacial score (nSPS) is 15.2. The van der Waals surface area contributed by atoms with Gasteiger partial charge in [0.15, 0.2) is 0 Å². The molecule has 1 rings (SSSR count). The summed E-state index contributed by atoms with van der Waals surface area (Å²) in [4.78, 5) is 11.5. The van der Waals surface area contributed by atoms with Crippen LogP contribution in [0.1, 0.15) is 32.3 Å². The van der Waals surface area contributed by atoms with Gasteiger partial charge in [0.2, 0.25) is 0 Å². The van der Waals surface area contributed by atoms with Crippen LogP contribution in [0.5, 0.6) is 5.75 Å². The first-order valence-electron chi connectivity index (χ1n) is 7.16. The van der Waals surface area contributed by atoms with Gasteiger partial charge in [-0.25, -0.2) is 8.78 Å². The highest BCUT2D eigenvalue weighted by Crippen LogP contribution is 2.35. The molecule has 2 atom stereocenters. The molecule has 0 aliphatic heterocycles. The molecular weight excluding hydrogens is 294 g/mol. The molecule has 0 aliphatic carbocycles. The van der Waals surface area contributed by atoms with Gasteiger partial charge in [0.25, 0.3) is 6.43 Å². The van der Waals surface area contributed by atoms with Crippen LogP contribution < -0.4 is 4.74 Å². The van der Waals surface area contributed by atoms with Gasteiger partial charge < -0.3 is 14.6 Å². The van der Waals surface area contributed by atoms with Crippen LogP contribution in [-0.4, -0.2) is 31.2 Å². The Morgan fingerprint density at radius 1 is 1.32 bits per heavy atom. The minimum Gasteiger partial charge on any atom is -0.494 e. The number of hydrogen-bond donors (Lipinski definition) is 1. The molecule has 0 bridgehead atoms. The average Bonchev–Trinajstić information content (AvgIpc) is 2.47. The number of aliphatic hydroxyl groups is 1. The predicted octanol–water partition coefficient (Wildman–Crippen LogP) is 3.13. The molecule has 1 N–H and O–H groups in total. The smallest absolute Gasteiger partial charge is 0.317 e. The maximum Gasteiger partial charge on any atom is 0.317 e. The van der Waals surface area contributed by atoms with E-state index in [1.54, 1.807) is 12.1 Å². The second-order valence-corrected chi connectivity index (χ2v) is 5.21. The van der Waals surface area contributed by atoms with E-state index in [0.717, 1.165) is 20.0 Å². The monoisotopic (exact) mass is 316 g/mol. The van der Waals surface area contributed by atoms with Gasteiger partial charge in [-0.3, -0.25) is 4.79 Å². The van der Waals surface area contributed by atoms with Crippen molar-refractivity contribution in [3.8, 4) is 5.75 Å². The molecule has 0 saturated carbocycles. The van der Waals surface area contributed by atoms with Crippen LogP contribution in [-0.2, 0) is 15.1 Å². The molecule has 0 spiro atoms. The van der Waals surface area contributed by atoms with Crippen molar-refractivity contribution in [2.75, 3.05) is 13.7 Å². The zero-order chi connectivity index (χ0) is 16.8. The highest BCUT2D eigenvalue weighted by molar-refractivity contribution is 5.74. The lowest BCUT2D eigenvalue weighted by atomic mass is 9.83. The van der Waals surface area contributed by atoms with E-state index in [1.165, 1.54) is 19.1 Å². The van der Waals surface area contributed by atoms with Gasteiger partial charge in [-0.2, -0.15) is 0 Å². The Balaban J connectivity index is 2.93. The third-order valence-electron chi connectivity index (χ3n) is 3.52. The van der Waals surface area contributed by atoms with E-state index in [9.17, 15) is 18.7 Å². The SMILES string of the molecule is CCCCOc1ccc(C(C)(O)C(C(=O)OC)C(F)F)cc1. The van der Waals surface area contributed by atoms with Crippen molar-refractivity contribution >= 4 is 5.97 Å². The van der Waals surface area contributed by atoms with E-state index in [2.05, 4.69) is 4.74 Å². The fourth-order valence-electron chi connectivity index (χ4n) is 2.11. The van der Waals surface area contributed by atoms with E-state index in [1.807, 2.05) is 6.92 Å². The van der Waals surface area contributed by atoms with Crippen LogP contribution in [0.3, 0.4) is 0 Å². The van der Waals surface area contributed by atoms with E-state index < -0.39 is 23.9 Å². The number of carbonyl (C=O) groups excluding carboxylic acids is 1. The van der Waals surface area contributed by atoms with Crippen molar-refractivity contribution in [3.05, 3.63) is 29.8 Å². The number of halogens is 2. The molecule has 1 aromatic rings. The van der Waals surface area contributed by atoms with Gasteiger partial charge in [0, 0.05) is 0 Å². The van der Waals surface area contributed by atoms with Crippen molar-refractivity contribution in [2.24, 2.45) is 5.92 Å². The standard InChI is InChI=1S/C16H22F2O4/c1-4-5-10-22-12-8-6-11(7-9-12)16(2,20)13(14(17)18)15(19)21-3/h6-9,13-14,20H,4-5,10H2,1-3H3. The number of benzene rings is 1. The quantitative estimate of drug-likeness (QED) is 0.591. The summed E-state index contributed by atoms with van der Waals surface area (Å²) in [6, 6.07) is 6.11. The van der Waals surface area contributed by atoms with Crippen LogP contribution in [0.2, 0.25) is 0 Å².